The van der Waals surface area contributed by atoms with Crippen LogP contribution in [0.1, 0.15) is 37.7 Å². The summed E-state index contributed by atoms with van der Waals surface area (Å²) in [7, 11) is -2.35. The van der Waals surface area contributed by atoms with Crippen molar-refractivity contribution in [2.24, 2.45) is 5.41 Å². The summed E-state index contributed by atoms with van der Waals surface area (Å²) in [4.78, 5) is 15.3. The van der Waals surface area contributed by atoms with Crippen LogP contribution >= 0.6 is 0 Å². The van der Waals surface area contributed by atoms with Gasteiger partial charge in [-0.25, -0.2) is 18.2 Å². The molecule has 126 valence electrons. The summed E-state index contributed by atoms with van der Waals surface area (Å²) in [6.45, 7) is 7.17. The summed E-state index contributed by atoms with van der Waals surface area (Å²) in [6, 6.07) is 2.75. The van der Waals surface area contributed by atoms with Gasteiger partial charge in [0, 0.05) is 19.3 Å². The molecule has 2 rings (SSSR count). The van der Waals surface area contributed by atoms with Crippen molar-refractivity contribution in [2.45, 2.75) is 32.1 Å². The normalized spacial score (nSPS) is 16.8. The molecule has 0 radical (unpaired) electrons. The van der Waals surface area contributed by atoms with Crippen LogP contribution in [0.2, 0.25) is 0 Å². The number of hydrogen-bond acceptors (Lipinski definition) is 5. The molecule has 1 aliphatic heterocycles. The van der Waals surface area contributed by atoms with Crippen molar-refractivity contribution in [3.05, 3.63) is 35.7 Å². The minimum atomic E-state index is -3.61. The van der Waals surface area contributed by atoms with Crippen molar-refractivity contribution in [3.63, 3.8) is 0 Å². The molecule has 6 nitrogen and oxygen atoms in total. The fraction of sp³-hybridized carbons (Fsp3) is 0.500. The highest BCUT2D eigenvalue weighted by molar-refractivity contribution is 7.89. The molecule has 0 saturated heterocycles. The highest BCUT2D eigenvalue weighted by atomic mass is 32.2. The van der Waals surface area contributed by atoms with Gasteiger partial charge in [-0.1, -0.05) is 32.4 Å². The Kier molecular flexibility index (Phi) is 4.91. The number of carbonyl (C=O) groups is 1. The SMILES string of the molecule is COC(=O)c1ccc(S(=O)(=O)N2CC=C(C(C)(C)C)CC2)cn1. The maximum Gasteiger partial charge on any atom is 0.356 e. The van der Waals surface area contributed by atoms with Gasteiger partial charge in [0.2, 0.25) is 10.0 Å². The van der Waals surface area contributed by atoms with Gasteiger partial charge in [-0.3, -0.25) is 0 Å². The van der Waals surface area contributed by atoms with Crippen LogP contribution in [0.4, 0.5) is 0 Å². The van der Waals surface area contributed by atoms with Gasteiger partial charge in [0.25, 0.3) is 0 Å². The summed E-state index contributed by atoms with van der Waals surface area (Å²) in [5.74, 6) is -0.593. The highest BCUT2D eigenvalue weighted by Gasteiger charge is 2.29. The Labute approximate surface area is 137 Å². The monoisotopic (exact) mass is 338 g/mol. The smallest absolute Gasteiger partial charge is 0.356 e. The van der Waals surface area contributed by atoms with E-state index in [4.69, 9.17) is 0 Å². The molecule has 0 unspecified atom stereocenters. The lowest BCUT2D eigenvalue weighted by Crippen LogP contribution is -2.36. The number of methoxy groups -OCH3 is 1. The van der Waals surface area contributed by atoms with Crippen molar-refractivity contribution < 1.29 is 17.9 Å². The Morgan fingerprint density at radius 2 is 2.00 bits per heavy atom. The van der Waals surface area contributed by atoms with E-state index < -0.39 is 16.0 Å². The van der Waals surface area contributed by atoms with E-state index in [1.54, 1.807) is 0 Å². The number of esters is 1. The second kappa shape index (κ2) is 6.41. The predicted octanol–water partition coefficient (Wildman–Crippen LogP) is 2.24. The summed E-state index contributed by atoms with van der Waals surface area (Å²) in [6.07, 6.45) is 3.90. The number of carbonyl (C=O) groups excluding carboxylic acids is 1. The lowest BCUT2D eigenvalue weighted by atomic mass is 9.83. The van der Waals surface area contributed by atoms with Gasteiger partial charge in [0.1, 0.15) is 10.6 Å². The van der Waals surface area contributed by atoms with Crippen LogP contribution < -0.4 is 0 Å². The van der Waals surface area contributed by atoms with Gasteiger partial charge in [0.15, 0.2) is 0 Å². The van der Waals surface area contributed by atoms with Gasteiger partial charge in [-0.15, -0.1) is 0 Å². The molecule has 2 heterocycles. The average Bonchev–Trinajstić information content (AvgIpc) is 2.53. The molecular formula is C16H22N2O4S. The first-order chi connectivity index (χ1) is 10.7. The van der Waals surface area contributed by atoms with Gasteiger partial charge in [0.05, 0.1) is 7.11 Å². The fourth-order valence-corrected chi connectivity index (χ4v) is 3.78. The minimum absolute atomic E-state index is 0.0551. The molecule has 0 bridgehead atoms. The Morgan fingerprint density at radius 3 is 2.43 bits per heavy atom. The zero-order valence-corrected chi connectivity index (χ0v) is 14.7. The molecule has 1 aromatic heterocycles. The molecule has 7 heteroatoms. The van der Waals surface area contributed by atoms with Crippen LogP contribution in [0.25, 0.3) is 0 Å². The lowest BCUT2D eigenvalue weighted by Gasteiger charge is -2.31. The van der Waals surface area contributed by atoms with Gasteiger partial charge in [-0.05, 0) is 24.0 Å². The van der Waals surface area contributed by atoms with E-state index in [1.807, 2.05) is 6.08 Å². The van der Waals surface area contributed by atoms with E-state index in [2.05, 4.69) is 30.5 Å². The second-order valence-corrected chi connectivity index (χ2v) is 8.40. The van der Waals surface area contributed by atoms with Crippen LogP contribution in [-0.4, -0.2) is 43.9 Å². The minimum Gasteiger partial charge on any atom is -0.464 e. The van der Waals surface area contributed by atoms with Crippen molar-refractivity contribution in [2.75, 3.05) is 20.2 Å². The van der Waals surface area contributed by atoms with Crippen molar-refractivity contribution in [1.29, 1.82) is 0 Å². The summed E-state index contributed by atoms with van der Waals surface area (Å²) < 4.78 is 31.2. The van der Waals surface area contributed by atoms with Gasteiger partial charge in [-0.2, -0.15) is 4.31 Å². The second-order valence-electron chi connectivity index (χ2n) is 6.46. The zero-order valence-electron chi connectivity index (χ0n) is 13.9. The first kappa shape index (κ1) is 17.6. The van der Waals surface area contributed by atoms with E-state index in [0.29, 0.717) is 13.1 Å². The Balaban J connectivity index is 2.20. The van der Waals surface area contributed by atoms with Crippen LogP contribution in [0.5, 0.6) is 0 Å². The molecule has 1 aliphatic rings. The van der Waals surface area contributed by atoms with Gasteiger partial charge < -0.3 is 4.74 Å². The molecule has 0 fully saturated rings. The molecule has 0 N–H and O–H groups in total. The molecule has 0 saturated carbocycles. The van der Waals surface area contributed by atoms with E-state index in [-0.39, 0.29) is 16.0 Å². The third kappa shape index (κ3) is 3.79. The zero-order chi connectivity index (χ0) is 17.3. The number of pyridine rings is 1. The van der Waals surface area contributed by atoms with E-state index >= 15 is 0 Å². The largest absolute Gasteiger partial charge is 0.464 e. The Bertz CT molecular complexity index is 715. The van der Waals surface area contributed by atoms with Crippen molar-refractivity contribution in [3.8, 4) is 0 Å². The topological polar surface area (TPSA) is 76.6 Å². The maximum atomic E-state index is 12.6. The van der Waals surface area contributed by atoms with E-state index in [9.17, 15) is 13.2 Å². The van der Waals surface area contributed by atoms with E-state index in [0.717, 1.165) is 6.42 Å². The number of sulfonamides is 1. The third-order valence-corrected chi connectivity index (χ3v) is 5.75. The summed E-state index contributed by atoms with van der Waals surface area (Å²) in [5, 5.41) is 0. The number of nitrogens with zero attached hydrogens (tertiary/aromatic N) is 2. The predicted molar refractivity (Wildman–Crippen MR) is 86.5 cm³/mol. The van der Waals surface area contributed by atoms with Crippen LogP contribution in [0.3, 0.4) is 0 Å². The maximum absolute atomic E-state index is 12.6. The van der Waals surface area contributed by atoms with Crippen LogP contribution in [-0.2, 0) is 14.8 Å². The standard InChI is InChI=1S/C16H22N2O4S/c1-16(2,3)12-7-9-18(10-8-12)23(20,21)13-5-6-14(17-11-13)15(19)22-4/h5-7,11H,8-10H2,1-4H3. The number of aromatic nitrogens is 1. The van der Waals surface area contributed by atoms with Crippen molar-refractivity contribution >= 4 is 16.0 Å². The molecule has 1 aromatic rings. The molecular weight excluding hydrogens is 316 g/mol. The van der Waals surface area contributed by atoms with Crippen molar-refractivity contribution in [1.82, 2.24) is 9.29 Å². The van der Waals surface area contributed by atoms with Gasteiger partial charge >= 0.3 is 5.97 Å². The molecule has 0 aliphatic carbocycles. The van der Waals surface area contributed by atoms with Crippen LogP contribution in [0, 0.1) is 5.41 Å². The van der Waals surface area contributed by atoms with Crippen LogP contribution in [0.15, 0.2) is 34.9 Å². The molecule has 0 aromatic carbocycles. The first-order valence-electron chi connectivity index (χ1n) is 7.40. The Hall–Kier alpha value is -1.73. The number of ether oxygens (including phenoxy) is 1. The Morgan fingerprint density at radius 1 is 1.30 bits per heavy atom. The first-order valence-corrected chi connectivity index (χ1v) is 8.84. The molecule has 0 spiro atoms. The van der Waals surface area contributed by atoms with E-state index in [1.165, 1.54) is 35.3 Å². The number of hydrogen-bond donors (Lipinski definition) is 0. The highest BCUT2D eigenvalue weighted by Crippen LogP contribution is 2.31. The average molecular weight is 338 g/mol. The third-order valence-electron chi connectivity index (χ3n) is 3.90. The molecule has 0 amide bonds. The fourth-order valence-electron chi connectivity index (χ4n) is 2.46. The lowest BCUT2D eigenvalue weighted by molar-refractivity contribution is 0.0594. The quantitative estimate of drug-likeness (QED) is 0.624. The summed E-state index contributed by atoms with van der Waals surface area (Å²) in [5.41, 5.74) is 1.41. The number of rotatable bonds is 3. The summed E-state index contributed by atoms with van der Waals surface area (Å²) >= 11 is 0. The molecule has 0 atom stereocenters. The molecule has 23 heavy (non-hydrogen) atoms.